The van der Waals surface area contributed by atoms with E-state index in [-0.39, 0.29) is 11.2 Å². The van der Waals surface area contributed by atoms with Gasteiger partial charge in [-0.2, -0.15) is 5.10 Å². The zero-order chi connectivity index (χ0) is 22.0. The third-order valence-electron chi connectivity index (χ3n) is 5.41. The summed E-state index contributed by atoms with van der Waals surface area (Å²) in [5, 5.41) is 12.9. The topological polar surface area (TPSA) is 98.1 Å². The van der Waals surface area contributed by atoms with Crippen LogP contribution in [0.5, 0.6) is 0 Å². The maximum Gasteiger partial charge on any atom is 0.271 e. The van der Waals surface area contributed by atoms with E-state index in [1.165, 1.54) is 22.0 Å². The Morgan fingerprint density at radius 2 is 1.84 bits per heavy atom. The van der Waals surface area contributed by atoms with E-state index in [1.807, 2.05) is 37.8 Å². The minimum Gasteiger partial charge on any atom is -0.339 e. The largest absolute Gasteiger partial charge is 0.339 e. The van der Waals surface area contributed by atoms with Gasteiger partial charge in [-0.3, -0.25) is 9.69 Å². The van der Waals surface area contributed by atoms with Gasteiger partial charge in [0.05, 0.1) is 10.9 Å². The monoisotopic (exact) mass is 440 g/mol. The molecule has 31 heavy (non-hydrogen) atoms. The number of aromatic nitrogens is 5. The molecule has 1 amide bonds. The van der Waals surface area contributed by atoms with Gasteiger partial charge in [-0.05, 0) is 32.4 Å². The summed E-state index contributed by atoms with van der Waals surface area (Å²) >= 11 is 1.32. The first kappa shape index (κ1) is 21.4. The van der Waals surface area contributed by atoms with E-state index in [2.05, 4.69) is 44.5 Å². The van der Waals surface area contributed by atoms with Crippen LogP contribution in [0.15, 0.2) is 41.6 Å². The Kier molecular flexibility index (Phi) is 6.28. The molecule has 0 saturated carbocycles. The summed E-state index contributed by atoms with van der Waals surface area (Å²) < 4.78 is 3.05. The summed E-state index contributed by atoms with van der Waals surface area (Å²) in [4.78, 5) is 17.3. The number of carbonyl (C=O) groups is 1. The number of hydrogen-bond donors (Lipinski definition) is 1. The molecule has 1 fully saturated rings. The third kappa shape index (κ3) is 4.75. The van der Waals surface area contributed by atoms with Crippen LogP contribution in [0.4, 0.5) is 0 Å². The number of thioether (sulfide) groups is 1. The van der Waals surface area contributed by atoms with Gasteiger partial charge < -0.3 is 10.7 Å². The van der Waals surface area contributed by atoms with E-state index >= 15 is 0 Å². The molecule has 1 aliphatic rings. The van der Waals surface area contributed by atoms with Gasteiger partial charge in [0.15, 0.2) is 0 Å². The first-order valence-corrected chi connectivity index (χ1v) is 11.3. The minimum atomic E-state index is -0.305. The summed E-state index contributed by atoms with van der Waals surface area (Å²) in [5.41, 5.74) is 3.10. The normalized spacial score (nSPS) is 15.9. The Bertz CT molecular complexity index is 1040. The number of benzene rings is 1. The highest BCUT2D eigenvalue weighted by Gasteiger charge is 2.27. The highest BCUT2D eigenvalue weighted by atomic mass is 32.2. The Morgan fingerprint density at radius 1 is 1.13 bits per heavy atom. The first-order chi connectivity index (χ1) is 14.9. The van der Waals surface area contributed by atoms with Crippen molar-refractivity contribution in [1.29, 1.82) is 0 Å². The van der Waals surface area contributed by atoms with Crippen LogP contribution in [0.2, 0.25) is 0 Å². The van der Waals surface area contributed by atoms with Gasteiger partial charge >= 0.3 is 0 Å². The third-order valence-corrected chi connectivity index (χ3v) is 6.45. The number of piperazine rings is 1. The SMILES string of the molecule is Cc1cc(C)n(-c2nnc(SC(C)C(=O)N3CCN(Cc4ccccc4)CC3)n2N)n1. The van der Waals surface area contributed by atoms with Crippen molar-refractivity contribution in [2.24, 2.45) is 0 Å². The summed E-state index contributed by atoms with van der Waals surface area (Å²) in [6.07, 6.45) is 0. The predicted octanol–water partition coefficient (Wildman–Crippen LogP) is 1.62. The van der Waals surface area contributed by atoms with Crippen molar-refractivity contribution < 1.29 is 4.79 Å². The number of nitrogens with zero attached hydrogens (tertiary/aromatic N) is 7. The molecular formula is C21H28N8OS. The Morgan fingerprint density at radius 3 is 2.48 bits per heavy atom. The number of carbonyl (C=O) groups excluding carboxylic acids is 1. The summed E-state index contributed by atoms with van der Waals surface area (Å²) in [6.45, 7) is 9.84. The van der Waals surface area contributed by atoms with Gasteiger partial charge in [-0.15, -0.1) is 10.2 Å². The van der Waals surface area contributed by atoms with Crippen LogP contribution in [-0.4, -0.2) is 71.8 Å². The van der Waals surface area contributed by atoms with Crippen molar-refractivity contribution >= 4 is 17.7 Å². The lowest BCUT2D eigenvalue weighted by molar-refractivity contribution is -0.132. The number of nitrogens with two attached hydrogens (primary N) is 1. The highest BCUT2D eigenvalue weighted by Crippen LogP contribution is 2.24. The van der Waals surface area contributed by atoms with Gasteiger partial charge in [-0.1, -0.05) is 42.1 Å². The zero-order valence-electron chi connectivity index (χ0n) is 18.1. The van der Waals surface area contributed by atoms with Gasteiger partial charge in [0.1, 0.15) is 0 Å². The van der Waals surface area contributed by atoms with Crippen molar-refractivity contribution in [1.82, 2.24) is 34.5 Å². The van der Waals surface area contributed by atoms with Crippen molar-refractivity contribution in [2.75, 3.05) is 32.0 Å². The summed E-state index contributed by atoms with van der Waals surface area (Å²) in [6, 6.07) is 12.4. The second kappa shape index (κ2) is 9.11. The minimum absolute atomic E-state index is 0.0972. The maximum atomic E-state index is 13.0. The molecule has 1 aromatic carbocycles. The molecule has 1 saturated heterocycles. The van der Waals surface area contributed by atoms with Crippen molar-refractivity contribution in [3.8, 4) is 5.95 Å². The molecule has 9 nitrogen and oxygen atoms in total. The van der Waals surface area contributed by atoms with Crippen LogP contribution >= 0.6 is 11.8 Å². The number of aryl methyl sites for hydroxylation is 2. The van der Waals surface area contributed by atoms with Gasteiger partial charge in [0.2, 0.25) is 11.1 Å². The standard InChI is InChI=1S/C21H28N8OS/c1-15-13-16(2)29(25-15)20-23-24-21(28(20)22)31-17(3)19(30)27-11-9-26(10-12-27)14-18-7-5-4-6-8-18/h4-8,13,17H,9-12,14,22H2,1-3H3. The van der Waals surface area contributed by atoms with Gasteiger partial charge in [-0.25, -0.2) is 9.36 Å². The van der Waals surface area contributed by atoms with E-state index in [1.54, 1.807) is 4.68 Å². The molecule has 0 bridgehead atoms. The van der Waals surface area contributed by atoms with Crippen LogP contribution in [-0.2, 0) is 11.3 Å². The molecule has 3 aromatic rings. The van der Waals surface area contributed by atoms with Gasteiger partial charge in [0.25, 0.3) is 5.95 Å². The number of nitrogen functional groups attached to an aromatic ring is 1. The lowest BCUT2D eigenvalue weighted by Gasteiger charge is -2.35. The Hall–Kier alpha value is -2.85. The second-order valence-electron chi connectivity index (χ2n) is 7.84. The van der Waals surface area contributed by atoms with Crippen LogP contribution in [0.3, 0.4) is 0 Å². The molecule has 1 aliphatic heterocycles. The Balaban J connectivity index is 1.34. The molecule has 10 heteroatoms. The Labute approximate surface area is 186 Å². The average molecular weight is 441 g/mol. The second-order valence-corrected chi connectivity index (χ2v) is 9.15. The number of hydrogen-bond acceptors (Lipinski definition) is 7. The van der Waals surface area contributed by atoms with E-state index in [4.69, 9.17) is 5.84 Å². The van der Waals surface area contributed by atoms with E-state index < -0.39 is 0 Å². The lowest BCUT2D eigenvalue weighted by Crippen LogP contribution is -2.50. The highest BCUT2D eigenvalue weighted by molar-refractivity contribution is 8.00. The zero-order valence-corrected chi connectivity index (χ0v) is 18.9. The predicted molar refractivity (Wildman–Crippen MR) is 120 cm³/mol. The van der Waals surface area contributed by atoms with Crippen LogP contribution < -0.4 is 5.84 Å². The molecule has 2 aromatic heterocycles. The van der Waals surface area contributed by atoms with Gasteiger partial charge in [0, 0.05) is 38.4 Å². The molecular weight excluding hydrogens is 412 g/mol. The fraction of sp³-hybridized carbons (Fsp3) is 0.429. The fourth-order valence-electron chi connectivity index (χ4n) is 3.76. The van der Waals surface area contributed by atoms with Crippen molar-refractivity contribution in [3.05, 3.63) is 53.3 Å². The van der Waals surface area contributed by atoms with Crippen LogP contribution in [0.1, 0.15) is 23.9 Å². The number of amides is 1. The van der Waals surface area contributed by atoms with E-state index in [0.717, 1.165) is 44.1 Å². The fourth-order valence-corrected chi connectivity index (χ4v) is 4.61. The summed E-state index contributed by atoms with van der Waals surface area (Å²) in [5.74, 6) is 6.74. The quantitative estimate of drug-likeness (QED) is 0.459. The first-order valence-electron chi connectivity index (χ1n) is 10.4. The molecule has 3 heterocycles. The molecule has 0 radical (unpaired) electrons. The average Bonchev–Trinajstić information content (AvgIpc) is 3.29. The van der Waals surface area contributed by atoms with Crippen molar-refractivity contribution in [3.63, 3.8) is 0 Å². The number of rotatable bonds is 6. The molecule has 1 atom stereocenters. The maximum absolute atomic E-state index is 13.0. The molecule has 4 rings (SSSR count). The van der Waals surface area contributed by atoms with E-state index in [0.29, 0.717) is 11.1 Å². The lowest BCUT2D eigenvalue weighted by atomic mass is 10.2. The van der Waals surface area contributed by atoms with Crippen molar-refractivity contribution in [2.45, 2.75) is 37.7 Å². The molecule has 2 N–H and O–H groups in total. The molecule has 0 spiro atoms. The van der Waals surface area contributed by atoms with Crippen LogP contribution in [0, 0.1) is 13.8 Å². The molecule has 164 valence electrons. The molecule has 0 aliphatic carbocycles. The smallest absolute Gasteiger partial charge is 0.271 e. The molecule has 1 unspecified atom stereocenters. The van der Waals surface area contributed by atoms with E-state index in [9.17, 15) is 4.79 Å². The van der Waals surface area contributed by atoms with Crippen LogP contribution in [0.25, 0.3) is 5.95 Å². The summed E-state index contributed by atoms with van der Waals surface area (Å²) in [7, 11) is 0.